The molecule has 0 atom stereocenters. The molecule has 1 N–H and O–H groups in total. The van der Waals surface area contributed by atoms with Crippen molar-refractivity contribution in [2.75, 3.05) is 31.6 Å². The van der Waals surface area contributed by atoms with Gasteiger partial charge in [-0.2, -0.15) is 0 Å². The Morgan fingerprint density at radius 3 is 2.52 bits per heavy atom. The highest BCUT2D eigenvalue weighted by atomic mass is 19.1. The van der Waals surface area contributed by atoms with Crippen LogP contribution < -0.4 is 10.2 Å². The number of rotatable bonds is 6. The van der Waals surface area contributed by atoms with Crippen LogP contribution in [0.1, 0.15) is 35.2 Å². The number of halogens is 2. The van der Waals surface area contributed by atoms with E-state index in [1.165, 1.54) is 11.3 Å². The van der Waals surface area contributed by atoms with Crippen LogP contribution in [-0.2, 0) is 11.3 Å². The SMILES string of the molecule is CN(Cc1ccccc1N1CCCCC1)C(=O)CNC(=O)c1ccc(F)cc1F. The summed E-state index contributed by atoms with van der Waals surface area (Å²) in [6.45, 7) is 2.16. The fourth-order valence-electron chi connectivity index (χ4n) is 3.49. The van der Waals surface area contributed by atoms with Crippen molar-refractivity contribution >= 4 is 17.5 Å². The van der Waals surface area contributed by atoms with E-state index in [0.717, 1.165) is 49.3 Å². The molecule has 0 radical (unpaired) electrons. The van der Waals surface area contributed by atoms with Gasteiger partial charge in [0.15, 0.2) is 0 Å². The van der Waals surface area contributed by atoms with E-state index in [1.807, 2.05) is 18.2 Å². The first-order chi connectivity index (χ1) is 14.0. The summed E-state index contributed by atoms with van der Waals surface area (Å²) in [4.78, 5) is 28.4. The zero-order valence-electron chi connectivity index (χ0n) is 16.5. The van der Waals surface area contributed by atoms with Crippen LogP contribution in [0.25, 0.3) is 0 Å². The van der Waals surface area contributed by atoms with Crippen LogP contribution in [0.5, 0.6) is 0 Å². The number of hydrogen-bond donors (Lipinski definition) is 1. The summed E-state index contributed by atoms with van der Waals surface area (Å²) in [5, 5.41) is 2.40. The molecule has 0 aromatic heterocycles. The third-order valence-corrected chi connectivity index (χ3v) is 5.10. The minimum absolute atomic E-state index is 0.266. The molecule has 2 aromatic carbocycles. The maximum atomic E-state index is 13.7. The van der Waals surface area contributed by atoms with Crippen LogP contribution in [0.3, 0.4) is 0 Å². The Kier molecular flexibility index (Phi) is 6.80. The van der Waals surface area contributed by atoms with Gasteiger partial charge in [-0.15, -0.1) is 0 Å². The van der Waals surface area contributed by atoms with Gasteiger partial charge in [0.25, 0.3) is 5.91 Å². The fraction of sp³-hybridized carbons (Fsp3) is 0.364. The lowest BCUT2D eigenvalue weighted by molar-refractivity contribution is -0.129. The van der Waals surface area contributed by atoms with Gasteiger partial charge in [-0.05, 0) is 43.0 Å². The second-order valence-electron chi connectivity index (χ2n) is 7.23. The van der Waals surface area contributed by atoms with E-state index in [9.17, 15) is 18.4 Å². The van der Waals surface area contributed by atoms with Crippen LogP contribution in [0.15, 0.2) is 42.5 Å². The van der Waals surface area contributed by atoms with Gasteiger partial charge in [0.05, 0.1) is 12.1 Å². The minimum atomic E-state index is -0.959. The highest BCUT2D eigenvalue weighted by Crippen LogP contribution is 2.25. The molecule has 0 unspecified atom stereocenters. The lowest BCUT2D eigenvalue weighted by atomic mass is 10.1. The molecule has 1 saturated heterocycles. The Morgan fingerprint density at radius 1 is 1.07 bits per heavy atom. The summed E-state index contributed by atoms with van der Waals surface area (Å²) >= 11 is 0. The van der Waals surface area contributed by atoms with Crippen LogP contribution in [0, 0.1) is 11.6 Å². The number of benzene rings is 2. The molecule has 1 aliphatic heterocycles. The van der Waals surface area contributed by atoms with Gasteiger partial charge in [-0.3, -0.25) is 9.59 Å². The van der Waals surface area contributed by atoms with E-state index in [4.69, 9.17) is 0 Å². The summed E-state index contributed by atoms with van der Waals surface area (Å²) in [7, 11) is 1.67. The quantitative estimate of drug-likeness (QED) is 0.808. The van der Waals surface area contributed by atoms with Gasteiger partial charge in [0.2, 0.25) is 5.91 Å². The molecule has 2 aromatic rings. The molecule has 0 saturated carbocycles. The third-order valence-electron chi connectivity index (χ3n) is 5.10. The van der Waals surface area contributed by atoms with Crippen LogP contribution in [-0.4, -0.2) is 43.4 Å². The van der Waals surface area contributed by atoms with Gasteiger partial charge in [-0.25, -0.2) is 8.78 Å². The molecule has 154 valence electrons. The van der Waals surface area contributed by atoms with Gasteiger partial charge in [-0.1, -0.05) is 18.2 Å². The summed E-state index contributed by atoms with van der Waals surface area (Å²) in [6.07, 6.45) is 3.57. The molecule has 29 heavy (non-hydrogen) atoms. The van der Waals surface area contributed by atoms with E-state index in [1.54, 1.807) is 7.05 Å². The predicted octanol–water partition coefficient (Wildman–Crippen LogP) is 3.34. The molecular weight excluding hydrogens is 376 g/mol. The van der Waals surface area contributed by atoms with E-state index < -0.39 is 17.5 Å². The lowest BCUT2D eigenvalue weighted by Crippen LogP contribution is -2.38. The molecule has 1 fully saturated rings. The van der Waals surface area contributed by atoms with Gasteiger partial charge < -0.3 is 15.1 Å². The molecule has 0 bridgehead atoms. The Bertz CT molecular complexity index is 882. The standard InChI is InChI=1S/C22H25F2N3O2/c1-26(15-16-7-3-4-8-20(16)27-11-5-2-6-12-27)21(28)14-25-22(29)18-10-9-17(23)13-19(18)24/h3-4,7-10,13H,2,5-6,11-12,14-15H2,1H3,(H,25,29). The number of hydrogen-bond acceptors (Lipinski definition) is 3. The summed E-state index contributed by atoms with van der Waals surface area (Å²) in [6, 6.07) is 10.7. The van der Waals surface area contributed by atoms with Crippen molar-refractivity contribution in [2.24, 2.45) is 0 Å². The monoisotopic (exact) mass is 401 g/mol. The van der Waals surface area contributed by atoms with Gasteiger partial charge in [0, 0.05) is 38.4 Å². The number of likely N-dealkylation sites (N-methyl/N-ethyl adjacent to an activating group) is 1. The van der Waals surface area contributed by atoms with E-state index in [0.29, 0.717) is 12.6 Å². The average Bonchev–Trinajstić information content (AvgIpc) is 2.72. The smallest absolute Gasteiger partial charge is 0.254 e. The Hall–Kier alpha value is -2.96. The molecule has 3 rings (SSSR count). The van der Waals surface area contributed by atoms with E-state index in [-0.39, 0.29) is 18.0 Å². The van der Waals surface area contributed by atoms with Crippen molar-refractivity contribution in [1.82, 2.24) is 10.2 Å². The maximum Gasteiger partial charge on any atom is 0.254 e. The van der Waals surface area contributed by atoms with Gasteiger partial charge >= 0.3 is 0 Å². The maximum absolute atomic E-state index is 13.7. The predicted molar refractivity (Wildman–Crippen MR) is 108 cm³/mol. The largest absolute Gasteiger partial charge is 0.371 e. The fourth-order valence-corrected chi connectivity index (χ4v) is 3.49. The van der Waals surface area contributed by atoms with E-state index >= 15 is 0 Å². The number of anilines is 1. The molecule has 2 amide bonds. The number of nitrogens with one attached hydrogen (secondary N) is 1. The molecule has 5 nitrogen and oxygen atoms in total. The summed E-state index contributed by atoms with van der Waals surface area (Å²) in [5.74, 6) is -2.77. The highest BCUT2D eigenvalue weighted by molar-refractivity contribution is 5.96. The van der Waals surface area contributed by atoms with Crippen LogP contribution >= 0.6 is 0 Å². The Balaban J connectivity index is 1.59. The van der Waals surface area contributed by atoms with Gasteiger partial charge in [0.1, 0.15) is 11.6 Å². The number of carbonyl (C=O) groups excluding carboxylic acids is 2. The first-order valence-electron chi connectivity index (χ1n) is 9.76. The first kappa shape index (κ1) is 20.8. The van der Waals surface area contributed by atoms with Crippen molar-refractivity contribution in [2.45, 2.75) is 25.8 Å². The number of para-hydroxylation sites is 1. The zero-order chi connectivity index (χ0) is 20.8. The summed E-state index contributed by atoms with van der Waals surface area (Å²) in [5.41, 5.74) is 1.88. The highest BCUT2D eigenvalue weighted by Gasteiger charge is 2.18. The summed E-state index contributed by atoms with van der Waals surface area (Å²) < 4.78 is 26.7. The first-order valence-corrected chi connectivity index (χ1v) is 9.76. The van der Waals surface area contributed by atoms with Crippen LogP contribution in [0.2, 0.25) is 0 Å². The molecule has 7 heteroatoms. The second kappa shape index (κ2) is 9.49. The van der Waals surface area contributed by atoms with Crippen LogP contribution in [0.4, 0.5) is 14.5 Å². The minimum Gasteiger partial charge on any atom is -0.371 e. The topological polar surface area (TPSA) is 52.6 Å². The molecule has 0 spiro atoms. The molecule has 0 aliphatic carbocycles. The van der Waals surface area contributed by atoms with Crippen molar-refractivity contribution in [3.8, 4) is 0 Å². The Morgan fingerprint density at radius 2 is 1.79 bits per heavy atom. The van der Waals surface area contributed by atoms with Crippen molar-refractivity contribution in [1.29, 1.82) is 0 Å². The average molecular weight is 401 g/mol. The van der Waals surface area contributed by atoms with Crippen molar-refractivity contribution in [3.05, 3.63) is 65.2 Å². The Labute approximate surface area is 169 Å². The number of carbonyl (C=O) groups is 2. The number of piperidine rings is 1. The molecule has 1 aliphatic rings. The van der Waals surface area contributed by atoms with Crippen molar-refractivity contribution < 1.29 is 18.4 Å². The lowest BCUT2D eigenvalue weighted by Gasteiger charge is -2.31. The van der Waals surface area contributed by atoms with E-state index in [2.05, 4.69) is 16.3 Å². The number of amides is 2. The second-order valence-corrected chi connectivity index (χ2v) is 7.23. The normalized spacial score (nSPS) is 13.8. The molecule has 1 heterocycles. The zero-order valence-corrected chi connectivity index (χ0v) is 16.5. The molecular formula is C22H25F2N3O2. The number of nitrogens with zero attached hydrogens (tertiary/aromatic N) is 2. The van der Waals surface area contributed by atoms with Crippen molar-refractivity contribution in [3.63, 3.8) is 0 Å². The third kappa shape index (κ3) is 5.31.